The highest BCUT2D eigenvalue weighted by Crippen LogP contribution is 2.28. The molecule has 0 fully saturated rings. The number of hydrogen-bond donors (Lipinski definition) is 1. The normalized spacial score (nSPS) is 11.4. The number of anilines is 1. The van der Waals surface area contributed by atoms with Crippen LogP contribution < -0.4 is 16.6 Å². The monoisotopic (exact) mass is 458 g/mol. The lowest BCUT2D eigenvalue weighted by Crippen LogP contribution is -2.37. The lowest BCUT2D eigenvalue weighted by molar-refractivity contribution is -0.116. The SMILES string of the molecule is Cc1cc2nc(-c3cccc(NC(=O)Cn4cnc5c(=O)n(C)c(=O)n(C)c54)c3)oc2cc1C. The number of aryl methyl sites for hydroxylation is 3. The Hall–Kier alpha value is -4.47. The summed E-state index contributed by atoms with van der Waals surface area (Å²) in [5.41, 5.74) is 4.44. The molecule has 0 aliphatic heterocycles. The van der Waals surface area contributed by atoms with Crippen molar-refractivity contribution in [1.29, 1.82) is 0 Å². The standard InChI is InChI=1S/C24H22N6O4/c1-13-8-17-18(9-14(13)2)34-21(27-17)15-6-5-7-16(10-15)26-19(31)11-30-12-25-20-22(30)28(3)24(33)29(4)23(20)32/h5-10,12H,11H2,1-4H3,(H,26,31). The maximum Gasteiger partial charge on any atom is 0.332 e. The van der Waals surface area contributed by atoms with E-state index in [1.54, 1.807) is 18.2 Å². The van der Waals surface area contributed by atoms with E-state index in [1.165, 1.54) is 29.6 Å². The van der Waals surface area contributed by atoms with Crippen LogP contribution in [0.2, 0.25) is 0 Å². The summed E-state index contributed by atoms with van der Waals surface area (Å²) < 4.78 is 9.69. The van der Waals surface area contributed by atoms with Gasteiger partial charge in [0.2, 0.25) is 11.8 Å². The van der Waals surface area contributed by atoms with Crippen LogP contribution >= 0.6 is 0 Å². The molecule has 1 N–H and O–H groups in total. The first-order valence-corrected chi connectivity index (χ1v) is 10.6. The van der Waals surface area contributed by atoms with Gasteiger partial charge in [0, 0.05) is 25.3 Å². The van der Waals surface area contributed by atoms with E-state index in [4.69, 9.17) is 4.42 Å². The predicted molar refractivity (Wildman–Crippen MR) is 128 cm³/mol. The molecule has 0 atom stereocenters. The third-order valence-corrected chi connectivity index (χ3v) is 5.92. The topological polar surface area (TPSA) is 117 Å². The Morgan fingerprint density at radius 1 is 1.06 bits per heavy atom. The average molecular weight is 458 g/mol. The van der Waals surface area contributed by atoms with E-state index in [9.17, 15) is 14.4 Å². The van der Waals surface area contributed by atoms with E-state index >= 15 is 0 Å². The highest BCUT2D eigenvalue weighted by atomic mass is 16.3. The molecule has 34 heavy (non-hydrogen) atoms. The van der Waals surface area contributed by atoms with Gasteiger partial charge in [0.25, 0.3) is 5.56 Å². The number of rotatable bonds is 4. The second kappa shape index (κ2) is 7.84. The molecule has 0 radical (unpaired) electrons. The van der Waals surface area contributed by atoms with Crippen molar-refractivity contribution in [3.63, 3.8) is 0 Å². The van der Waals surface area contributed by atoms with Crippen LogP contribution in [0.3, 0.4) is 0 Å². The van der Waals surface area contributed by atoms with E-state index in [-0.39, 0.29) is 23.6 Å². The van der Waals surface area contributed by atoms with Crippen molar-refractivity contribution < 1.29 is 9.21 Å². The lowest BCUT2D eigenvalue weighted by Gasteiger charge is -2.10. The van der Waals surface area contributed by atoms with E-state index in [0.29, 0.717) is 17.2 Å². The van der Waals surface area contributed by atoms with E-state index in [0.717, 1.165) is 26.8 Å². The molecule has 3 heterocycles. The van der Waals surface area contributed by atoms with Crippen LogP contribution in [0.4, 0.5) is 5.69 Å². The Morgan fingerprint density at radius 3 is 2.62 bits per heavy atom. The van der Waals surface area contributed by atoms with Gasteiger partial charge in [-0.15, -0.1) is 0 Å². The zero-order valence-electron chi connectivity index (χ0n) is 19.1. The summed E-state index contributed by atoms with van der Waals surface area (Å²) in [5, 5.41) is 2.84. The molecular weight excluding hydrogens is 436 g/mol. The number of fused-ring (bicyclic) bond motifs is 2. The summed E-state index contributed by atoms with van der Waals surface area (Å²) in [6.45, 7) is 3.92. The Bertz CT molecular complexity index is 1680. The number of nitrogens with one attached hydrogen (secondary N) is 1. The number of amides is 1. The number of imidazole rings is 1. The maximum absolute atomic E-state index is 12.8. The van der Waals surface area contributed by atoms with Crippen molar-refractivity contribution in [2.75, 3.05) is 5.32 Å². The zero-order chi connectivity index (χ0) is 24.1. The summed E-state index contributed by atoms with van der Waals surface area (Å²) in [6, 6.07) is 11.1. The van der Waals surface area contributed by atoms with Crippen LogP contribution in [0.25, 0.3) is 33.7 Å². The Labute approximate surface area is 193 Å². The van der Waals surface area contributed by atoms with Crippen LogP contribution in [0.1, 0.15) is 11.1 Å². The van der Waals surface area contributed by atoms with Gasteiger partial charge in [0.15, 0.2) is 11.1 Å². The summed E-state index contributed by atoms with van der Waals surface area (Å²) in [6.07, 6.45) is 1.38. The minimum absolute atomic E-state index is 0.122. The molecule has 5 rings (SSSR count). The summed E-state index contributed by atoms with van der Waals surface area (Å²) in [5.74, 6) is 0.121. The fraction of sp³-hybridized carbons (Fsp3) is 0.208. The van der Waals surface area contributed by atoms with Crippen LogP contribution in [0.15, 0.2) is 56.7 Å². The van der Waals surface area contributed by atoms with Crippen molar-refractivity contribution in [3.8, 4) is 11.5 Å². The summed E-state index contributed by atoms with van der Waals surface area (Å²) >= 11 is 0. The van der Waals surface area contributed by atoms with Crippen molar-refractivity contribution in [1.82, 2.24) is 23.7 Å². The molecule has 0 unspecified atom stereocenters. The quantitative estimate of drug-likeness (QED) is 0.442. The van der Waals surface area contributed by atoms with Gasteiger partial charge in [0.05, 0.1) is 6.33 Å². The second-order valence-electron chi connectivity index (χ2n) is 8.30. The molecule has 0 bridgehead atoms. The van der Waals surface area contributed by atoms with Gasteiger partial charge in [-0.05, 0) is 55.3 Å². The highest BCUT2D eigenvalue weighted by Gasteiger charge is 2.16. The van der Waals surface area contributed by atoms with E-state index in [1.807, 2.05) is 32.0 Å². The van der Waals surface area contributed by atoms with Crippen molar-refractivity contribution >= 4 is 33.9 Å². The van der Waals surface area contributed by atoms with Crippen LogP contribution in [-0.2, 0) is 25.4 Å². The molecule has 5 aromatic rings. The van der Waals surface area contributed by atoms with Gasteiger partial charge in [-0.25, -0.2) is 14.8 Å². The molecule has 1 amide bonds. The zero-order valence-corrected chi connectivity index (χ0v) is 19.1. The smallest absolute Gasteiger partial charge is 0.332 e. The minimum Gasteiger partial charge on any atom is -0.436 e. The first-order valence-electron chi connectivity index (χ1n) is 10.6. The van der Waals surface area contributed by atoms with Gasteiger partial charge in [-0.2, -0.15) is 0 Å². The molecule has 0 saturated heterocycles. The molecule has 172 valence electrons. The van der Waals surface area contributed by atoms with Gasteiger partial charge >= 0.3 is 5.69 Å². The molecule has 2 aromatic carbocycles. The molecule has 0 saturated carbocycles. The summed E-state index contributed by atoms with van der Waals surface area (Å²) in [4.78, 5) is 46.0. The van der Waals surface area contributed by atoms with E-state index in [2.05, 4.69) is 15.3 Å². The second-order valence-corrected chi connectivity index (χ2v) is 8.30. The molecule has 0 aliphatic rings. The fourth-order valence-corrected chi connectivity index (χ4v) is 3.94. The van der Waals surface area contributed by atoms with Crippen molar-refractivity contribution in [2.45, 2.75) is 20.4 Å². The number of carbonyl (C=O) groups is 1. The first kappa shape index (κ1) is 21.4. The first-order chi connectivity index (χ1) is 16.2. The van der Waals surface area contributed by atoms with Gasteiger partial charge in [-0.1, -0.05) is 6.07 Å². The Kier molecular flexibility index (Phi) is 4.93. The number of aromatic nitrogens is 5. The van der Waals surface area contributed by atoms with Crippen molar-refractivity contribution in [3.05, 3.63) is 74.7 Å². The highest BCUT2D eigenvalue weighted by molar-refractivity contribution is 5.92. The van der Waals surface area contributed by atoms with Gasteiger partial charge in [-0.3, -0.25) is 18.7 Å². The van der Waals surface area contributed by atoms with Crippen LogP contribution in [0.5, 0.6) is 0 Å². The number of oxazole rings is 1. The Morgan fingerprint density at radius 2 is 1.82 bits per heavy atom. The summed E-state index contributed by atoms with van der Waals surface area (Å²) in [7, 11) is 2.93. The molecule has 3 aromatic heterocycles. The maximum atomic E-state index is 12.8. The van der Waals surface area contributed by atoms with E-state index < -0.39 is 11.2 Å². The van der Waals surface area contributed by atoms with Crippen LogP contribution in [0, 0.1) is 13.8 Å². The lowest BCUT2D eigenvalue weighted by atomic mass is 10.1. The largest absolute Gasteiger partial charge is 0.436 e. The average Bonchev–Trinajstić information content (AvgIpc) is 3.41. The molecular formula is C24H22N6O4. The van der Waals surface area contributed by atoms with Crippen LogP contribution in [-0.4, -0.2) is 29.6 Å². The Balaban J connectivity index is 1.41. The third-order valence-electron chi connectivity index (χ3n) is 5.92. The number of nitrogens with zero attached hydrogens (tertiary/aromatic N) is 5. The number of hydrogen-bond acceptors (Lipinski definition) is 6. The van der Waals surface area contributed by atoms with Gasteiger partial charge in [0.1, 0.15) is 17.7 Å². The fourth-order valence-electron chi connectivity index (χ4n) is 3.94. The number of carbonyl (C=O) groups excluding carboxylic acids is 1. The predicted octanol–water partition coefficient (Wildman–Crippen LogP) is 2.50. The molecule has 0 aliphatic carbocycles. The third kappa shape index (κ3) is 3.49. The molecule has 10 heteroatoms. The van der Waals surface area contributed by atoms with Crippen molar-refractivity contribution in [2.24, 2.45) is 14.1 Å². The van der Waals surface area contributed by atoms with Gasteiger partial charge < -0.3 is 14.3 Å². The number of benzene rings is 2. The minimum atomic E-state index is -0.506. The molecule has 10 nitrogen and oxygen atoms in total. The molecule has 0 spiro atoms.